The number of Topliss-reactive ketones (excluding diaryl/α,β-unsaturated/α-hetero) is 1. The standard InChI is InChI=1S/C11H12BrNO2/c1-8(14)13-7-9-4-2-3-5-10(9)11(15)6-12/h2-5H,6-7H2,1H3,(H,13,14). The number of nitrogens with one attached hydrogen (secondary N) is 1. The SMILES string of the molecule is CC(=O)NCc1ccccc1C(=O)CBr. The zero-order chi connectivity index (χ0) is 11.3. The van der Waals surface area contributed by atoms with Gasteiger partial charge in [-0.05, 0) is 5.56 Å². The lowest BCUT2D eigenvalue weighted by atomic mass is 10.0. The van der Waals surface area contributed by atoms with Crippen LogP contribution in [0.25, 0.3) is 0 Å². The van der Waals surface area contributed by atoms with Crippen LogP contribution in [0.1, 0.15) is 22.8 Å². The van der Waals surface area contributed by atoms with Gasteiger partial charge in [-0.3, -0.25) is 9.59 Å². The Kier molecular flexibility index (Phi) is 4.49. The van der Waals surface area contributed by atoms with Crippen LogP contribution in [-0.4, -0.2) is 17.0 Å². The first-order valence-electron chi connectivity index (χ1n) is 4.56. The van der Waals surface area contributed by atoms with E-state index >= 15 is 0 Å². The van der Waals surface area contributed by atoms with E-state index in [2.05, 4.69) is 21.2 Å². The van der Waals surface area contributed by atoms with E-state index in [1.165, 1.54) is 6.92 Å². The van der Waals surface area contributed by atoms with Gasteiger partial charge in [0.25, 0.3) is 0 Å². The van der Waals surface area contributed by atoms with Gasteiger partial charge >= 0.3 is 0 Å². The average molecular weight is 270 g/mol. The molecule has 0 aliphatic heterocycles. The Morgan fingerprint density at radius 2 is 2.00 bits per heavy atom. The number of carbonyl (C=O) groups is 2. The van der Waals surface area contributed by atoms with E-state index < -0.39 is 0 Å². The lowest BCUT2D eigenvalue weighted by molar-refractivity contribution is -0.119. The van der Waals surface area contributed by atoms with Crippen LogP contribution in [0.4, 0.5) is 0 Å². The highest BCUT2D eigenvalue weighted by Crippen LogP contribution is 2.10. The molecule has 0 bridgehead atoms. The van der Waals surface area contributed by atoms with Crippen molar-refractivity contribution in [2.24, 2.45) is 0 Å². The fourth-order valence-corrected chi connectivity index (χ4v) is 1.54. The molecule has 0 aliphatic rings. The number of amides is 1. The van der Waals surface area contributed by atoms with Crippen LogP contribution in [0.5, 0.6) is 0 Å². The Labute approximate surface area is 97.0 Å². The van der Waals surface area contributed by atoms with Gasteiger partial charge in [0.05, 0.1) is 5.33 Å². The third-order valence-corrected chi connectivity index (χ3v) is 2.48. The zero-order valence-electron chi connectivity index (χ0n) is 8.42. The molecule has 80 valence electrons. The average Bonchev–Trinajstić information content (AvgIpc) is 2.25. The van der Waals surface area contributed by atoms with E-state index in [9.17, 15) is 9.59 Å². The van der Waals surface area contributed by atoms with Crippen LogP contribution in [0.3, 0.4) is 0 Å². The van der Waals surface area contributed by atoms with Gasteiger partial charge in [0.15, 0.2) is 5.78 Å². The molecule has 1 N–H and O–H groups in total. The molecule has 0 saturated carbocycles. The van der Waals surface area contributed by atoms with Crippen molar-refractivity contribution in [1.29, 1.82) is 0 Å². The number of hydrogen-bond donors (Lipinski definition) is 1. The Hall–Kier alpha value is -1.16. The second-order valence-corrected chi connectivity index (χ2v) is 3.68. The van der Waals surface area contributed by atoms with Crippen molar-refractivity contribution in [1.82, 2.24) is 5.32 Å². The van der Waals surface area contributed by atoms with Gasteiger partial charge in [-0.1, -0.05) is 40.2 Å². The summed E-state index contributed by atoms with van der Waals surface area (Å²) in [5.74, 6) is -0.0768. The smallest absolute Gasteiger partial charge is 0.217 e. The summed E-state index contributed by atoms with van der Waals surface area (Å²) in [6.45, 7) is 1.85. The fraction of sp³-hybridized carbons (Fsp3) is 0.273. The molecule has 0 unspecified atom stereocenters. The van der Waals surface area contributed by atoms with Gasteiger partial charge in [0.1, 0.15) is 0 Å². The number of halogens is 1. The minimum absolute atomic E-state index is 0.0240. The molecule has 15 heavy (non-hydrogen) atoms. The highest BCUT2D eigenvalue weighted by atomic mass is 79.9. The number of alkyl halides is 1. The monoisotopic (exact) mass is 269 g/mol. The molecular formula is C11H12BrNO2. The van der Waals surface area contributed by atoms with Gasteiger partial charge in [-0.25, -0.2) is 0 Å². The summed E-state index contributed by atoms with van der Waals surface area (Å²) in [5, 5.41) is 2.97. The lowest BCUT2D eigenvalue weighted by Crippen LogP contribution is -2.20. The second kappa shape index (κ2) is 5.66. The van der Waals surface area contributed by atoms with Gasteiger partial charge < -0.3 is 5.32 Å². The highest BCUT2D eigenvalue weighted by molar-refractivity contribution is 9.09. The summed E-state index contributed by atoms with van der Waals surface area (Å²) in [6.07, 6.45) is 0. The molecule has 1 amide bonds. The fourth-order valence-electron chi connectivity index (χ4n) is 1.24. The summed E-state index contributed by atoms with van der Waals surface area (Å²) in [5.41, 5.74) is 1.50. The van der Waals surface area contributed by atoms with Gasteiger partial charge in [-0.15, -0.1) is 0 Å². The first-order valence-corrected chi connectivity index (χ1v) is 5.68. The van der Waals surface area contributed by atoms with Gasteiger partial charge in [0, 0.05) is 19.0 Å². The third kappa shape index (κ3) is 3.47. The molecule has 4 heteroatoms. The Morgan fingerprint density at radius 3 is 2.60 bits per heavy atom. The number of benzene rings is 1. The van der Waals surface area contributed by atoms with Crippen molar-refractivity contribution in [3.05, 3.63) is 35.4 Å². The van der Waals surface area contributed by atoms with Crippen molar-refractivity contribution in [2.75, 3.05) is 5.33 Å². The summed E-state index contributed by atoms with van der Waals surface area (Å²) in [6, 6.07) is 7.27. The van der Waals surface area contributed by atoms with Crippen LogP contribution >= 0.6 is 15.9 Å². The van der Waals surface area contributed by atoms with E-state index in [0.717, 1.165) is 5.56 Å². The summed E-state index contributed by atoms with van der Waals surface area (Å²) < 4.78 is 0. The minimum atomic E-state index is -0.101. The summed E-state index contributed by atoms with van der Waals surface area (Å²) in [4.78, 5) is 22.3. The molecule has 1 aromatic carbocycles. The number of ketones is 1. The van der Waals surface area contributed by atoms with E-state index in [4.69, 9.17) is 0 Å². The molecule has 0 heterocycles. The van der Waals surface area contributed by atoms with E-state index in [1.807, 2.05) is 18.2 Å². The third-order valence-electron chi connectivity index (χ3n) is 1.97. The van der Waals surface area contributed by atoms with Crippen LogP contribution in [0, 0.1) is 0 Å². The van der Waals surface area contributed by atoms with Crippen molar-refractivity contribution >= 4 is 27.6 Å². The van der Waals surface area contributed by atoms with E-state index in [-0.39, 0.29) is 11.7 Å². The van der Waals surface area contributed by atoms with Gasteiger partial charge in [0.2, 0.25) is 5.91 Å². The predicted octanol–water partition coefficient (Wildman–Crippen LogP) is 1.90. The zero-order valence-corrected chi connectivity index (χ0v) is 10.0. The Balaban J connectivity index is 2.86. The van der Waals surface area contributed by atoms with Crippen molar-refractivity contribution in [3.8, 4) is 0 Å². The summed E-state index contributed by atoms with van der Waals surface area (Å²) in [7, 11) is 0. The molecule has 3 nitrogen and oxygen atoms in total. The quantitative estimate of drug-likeness (QED) is 0.671. The Bertz CT molecular complexity index is 377. The molecule has 0 saturated heterocycles. The number of hydrogen-bond acceptors (Lipinski definition) is 2. The van der Waals surface area contributed by atoms with Gasteiger partial charge in [-0.2, -0.15) is 0 Å². The molecule has 1 rings (SSSR count). The van der Waals surface area contributed by atoms with Crippen LogP contribution < -0.4 is 5.32 Å². The molecular weight excluding hydrogens is 258 g/mol. The molecule has 0 atom stereocenters. The number of carbonyl (C=O) groups excluding carboxylic acids is 2. The second-order valence-electron chi connectivity index (χ2n) is 3.12. The maximum absolute atomic E-state index is 11.5. The maximum atomic E-state index is 11.5. The molecule has 0 fully saturated rings. The largest absolute Gasteiger partial charge is 0.352 e. The first-order chi connectivity index (χ1) is 7.15. The van der Waals surface area contributed by atoms with E-state index in [1.54, 1.807) is 6.07 Å². The first kappa shape index (κ1) is 11.9. The summed E-state index contributed by atoms with van der Waals surface area (Å²) >= 11 is 3.13. The highest BCUT2D eigenvalue weighted by Gasteiger charge is 2.08. The lowest BCUT2D eigenvalue weighted by Gasteiger charge is -2.07. The molecule has 0 spiro atoms. The Morgan fingerprint density at radius 1 is 1.33 bits per heavy atom. The predicted molar refractivity (Wildman–Crippen MR) is 62.1 cm³/mol. The normalized spacial score (nSPS) is 9.73. The molecule has 1 aromatic rings. The van der Waals surface area contributed by atoms with Crippen LogP contribution in [-0.2, 0) is 11.3 Å². The van der Waals surface area contributed by atoms with Crippen molar-refractivity contribution in [2.45, 2.75) is 13.5 Å². The van der Waals surface area contributed by atoms with Crippen LogP contribution in [0.15, 0.2) is 24.3 Å². The minimum Gasteiger partial charge on any atom is -0.352 e. The topological polar surface area (TPSA) is 46.2 Å². The maximum Gasteiger partial charge on any atom is 0.217 e. The molecule has 0 radical (unpaired) electrons. The molecule has 0 aliphatic carbocycles. The van der Waals surface area contributed by atoms with E-state index in [0.29, 0.717) is 17.4 Å². The molecule has 0 aromatic heterocycles. The van der Waals surface area contributed by atoms with Crippen molar-refractivity contribution in [3.63, 3.8) is 0 Å². The number of rotatable bonds is 4. The van der Waals surface area contributed by atoms with Crippen molar-refractivity contribution < 1.29 is 9.59 Å². The van der Waals surface area contributed by atoms with Crippen LogP contribution in [0.2, 0.25) is 0 Å².